The Labute approximate surface area is 190 Å². The van der Waals surface area contributed by atoms with Crippen LogP contribution in [0.3, 0.4) is 0 Å². The number of carbonyl (C=O) groups is 1. The molecule has 0 saturated carbocycles. The van der Waals surface area contributed by atoms with Crippen molar-refractivity contribution in [3.05, 3.63) is 53.6 Å². The van der Waals surface area contributed by atoms with E-state index >= 15 is 0 Å². The van der Waals surface area contributed by atoms with Crippen molar-refractivity contribution in [3.8, 4) is 0 Å². The van der Waals surface area contributed by atoms with Gasteiger partial charge in [0.2, 0.25) is 5.91 Å². The summed E-state index contributed by atoms with van der Waals surface area (Å²) in [5.41, 5.74) is 3.26. The molecule has 3 rings (SSSR count). The fourth-order valence-corrected chi connectivity index (χ4v) is 4.15. The second kappa shape index (κ2) is 10.3. The summed E-state index contributed by atoms with van der Waals surface area (Å²) in [7, 11) is 0. The second-order valence-electron chi connectivity index (χ2n) is 9.22. The summed E-state index contributed by atoms with van der Waals surface area (Å²) in [6, 6.07) is 15.0. The lowest BCUT2D eigenvalue weighted by molar-refractivity contribution is -0.123. The smallest absolute Gasteiger partial charge is 0.229 e. The van der Waals surface area contributed by atoms with Crippen LogP contribution in [0, 0.1) is 10.8 Å². The van der Waals surface area contributed by atoms with Crippen molar-refractivity contribution in [1.82, 2.24) is 4.90 Å². The van der Waals surface area contributed by atoms with Crippen LogP contribution in [0.15, 0.2) is 47.4 Å². The molecule has 1 aliphatic heterocycles. The van der Waals surface area contributed by atoms with Crippen molar-refractivity contribution in [1.29, 1.82) is 5.41 Å². The van der Waals surface area contributed by atoms with Crippen LogP contribution in [-0.4, -0.2) is 42.4 Å². The first-order valence-corrected chi connectivity index (χ1v) is 12.1. The van der Waals surface area contributed by atoms with Gasteiger partial charge in [0.05, 0.1) is 0 Å². The van der Waals surface area contributed by atoms with E-state index in [1.165, 1.54) is 16.7 Å². The first-order chi connectivity index (χ1) is 14.8. The van der Waals surface area contributed by atoms with Gasteiger partial charge in [0.25, 0.3) is 0 Å². The molecule has 0 aromatic heterocycles. The molecule has 166 valence electrons. The number of amides is 1. The third kappa shape index (κ3) is 6.58. The monoisotopic (exact) mass is 438 g/mol. The van der Waals surface area contributed by atoms with E-state index in [1.807, 2.05) is 39.0 Å². The zero-order valence-corrected chi connectivity index (χ0v) is 19.8. The van der Waals surface area contributed by atoms with Gasteiger partial charge >= 0.3 is 0 Å². The molecular formula is C25H34N4OS. The van der Waals surface area contributed by atoms with Crippen LogP contribution < -0.4 is 10.6 Å². The standard InChI is InChI=1S/C25H34N4OS/c1-25(2,3)24(30)28-23-12-9-20(14-19(23)15-26)27-21-6-5-13-29(17-21)16-18-7-10-22(31-4)11-8-18/h7-12,14-15,21,26-27H,5-6,13,16-17H2,1-4H3,(H,28,30). The fraction of sp³-hybridized carbons (Fsp3) is 0.440. The quantitative estimate of drug-likeness (QED) is 0.396. The number of nitrogens with zero attached hydrogens (tertiary/aromatic N) is 1. The van der Waals surface area contributed by atoms with Crippen molar-refractivity contribution in [3.63, 3.8) is 0 Å². The van der Waals surface area contributed by atoms with Crippen LogP contribution in [0.2, 0.25) is 0 Å². The lowest BCUT2D eigenvalue weighted by Crippen LogP contribution is -2.41. The molecule has 0 aliphatic carbocycles. The van der Waals surface area contributed by atoms with Gasteiger partial charge in [0, 0.05) is 52.6 Å². The Hall–Kier alpha value is -2.31. The highest BCUT2D eigenvalue weighted by atomic mass is 32.2. The molecule has 0 radical (unpaired) electrons. The summed E-state index contributed by atoms with van der Waals surface area (Å²) in [5, 5.41) is 14.4. The van der Waals surface area contributed by atoms with E-state index in [0.717, 1.165) is 38.2 Å². The number of nitrogens with one attached hydrogen (secondary N) is 3. The molecule has 2 aromatic rings. The Morgan fingerprint density at radius 1 is 1.23 bits per heavy atom. The number of likely N-dealkylation sites (tertiary alicyclic amines) is 1. The number of benzene rings is 2. The minimum atomic E-state index is -0.475. The Balaban J connectivity index is 1.61. The molecule has 3 N–H and O–H groups in total. The number of piperidine rings is 1. The van der Waals surface area contributed by atoms with Crippen LogP contribution in [0.1, 0.15) is 44.7 Å². The Bertz CT molecular complexity index is 905. The molecule has 1 amide bonds. The largest absolute Gasteiger partial charge is 0.381 e. The molecule has 5 nitrogen and oxygen atoms in total. The summed E-state index contributed by atoms with van der Waals surface area (Å²) in [5.74, 6) is -0.0511. The van der Waals surface area contributed by atoms with Gasteiger partial charge in [0.15, 0.2) is 0 Å². The third-order valence-corrected chi connectivity index (χ3v) is 6.32. The van der Waals surface area contributed by atoms with E-state index < -0.39 is 5.41 Å². The molecule has 31 heavy (non-hydrogen) atoms. The van der Waals surface area contributed by atoms with E-state index in [1.54, 1.807) is 11.8 Å². The van der Waals surface area contributed by atoms with Gasteiger partial charge in [-0.15, -0.1) is 11.8 Å². The SMILES string of the molecule is CSc1ccc(CN2CCCC(Nc3ccc(NC(=O)C(C)(C)C)c(C=N)c3)C2)cc1. The van der Waals surface area contributed by atoms with Crippen LogP contribution >= 0.6 is 11.8 Å². The first-order valence-electron chi connectivity index (χ1n) is 10.9. The zero-order valence-electron chi connectivity index (χ0n) is 19.0. The number of hydrogen-bond acceptors (Lipinski definition) is 5. The first kappa shape index (κ1) is 23.4. The van der Waals surface area contributed by atoms with E-state index in [0.29, 0.717) is 17.3 Å². The van der Waals surface area contributed by atoms with E-state index in [9.17, 15) is 4.79 Å². The van der Waals surface area contributed by atoms with Gasteiger partial charge < -0.3 is 16.0 Å². The average Bonchev–Trinajstić information content (AvgIpc) is 2.75. The lowest BCUT2D eigenvalue weighted by Gasteiger charge is -2.34. The van der Waals surface area contributed by atoms with Crippen molar-refractivity contribution in [2.45, 2.75) is 51.1 Å². The summed E-state index contributed by atoms with van der Waals surface area (Å²) >= 11 is 1.77. The molecule has 6 heteroatoms. The van der Waals surface area contributed by atoms with Crippen molar-refractivity contribution < 1.29 is 4.79 Å². The summed E-state index contributed by atoms with van der Waals surface area (Å²) in [4.78, 5) is 16.1. The summed E-state index contributed by atoms with van der Waals surface area (Å²) < 4.78 is 0. The van der Waals surface area contributed by atoms with Crippen molar-refractivity contribution in [2.75, 3.05) is 30.0 Å². The lowest BCUT2D eigenvalue weighted by atomic mass is 9.95. The molecule has 1 aliphatic rings. The van der Waals surface area contributed by atoms with Gasteiger partial charge in [-0.3, -0.25) is 9.69 Å². The van der Waals surface area contributed by atoms with E-state index in [4.69, 9.17) is 5.41 Å². The summed E-state index contributed by atoms with van der Waals surface area (Å²) in [6.07, 6.45) is 5.70. The molecule has 1 heterocycles. The summed E-state index contributed by atoms with van der Waals surface area (Å²) in [6.45, 7) is 8.73. The van der Waals surface area contributed by atoms with Gasteiger partial charge in [-0.1, -0.05) is 32.9 Å². The Morgan fingerprint density at radius 2 is 1.97 bits per heavy atom. The van der Waals surface area contributed by atoms with Gasteiger partial charge in [-0.05, 0) is 61.5 Å². The Morgan fingerprint density at radius 3 is 2.61 bits per heavy atom. The van der Waals surface area contributed by atoms with Gasteiger partial charge in [-0.25, -0.2) is 0 Å². The van der Waals surface area contributed by atoms with Crippen molar-refractivity contribution >= 4 is 35.3 Å². The van der Waals surface area contributed by atoms with E-state index in [2.05, 4.69) is 46.1 Å². The topological polar surface area (TPSA) is 68.2 Å². The third-order valence-electron chi connectivity index (χ3n) is 5.58. The normalized spacial score (nSPS) is 17.2. The highest BCUT2D eigenvalue weighted by Crippen LogP contribution is 2.25. The van der Waals surface area contributed by atoms with Gasteiger partial charge in [-0.2, -0.15) is 0 Å². The highest BCUT2D eigenvalue weighted by molar-refractivity contribution is 7.98. The molecular weight excluding hydrogens is 404 g/mol. The predicted molar refractivity (Wildman–Crippen MR) is 133 cm³/mol. The zero-order chi connectivity index (χ0) is 22.4. The number of hydrogen-bond donors (Lipinski definition) is 3. The number of carbonyl (C=O) groups excluding carboxylic acids is 1. The second-order valence-corrected chi connectivity index (χ2v) is 10.1. The highest BCUT2D eigenvalue weighted by Gasteiger charge is 2.23. The molecule has 1 saturated heterocycles. The molecule has 1 unspecified atom stereocenters. The maximum atomic E-state index is 12.3. The minimum absolute atomic E-state index is 0.0511. The maximum absolute atomic E-state index is 12.3. The van der Waals surface area contributed by atoms with Gasteiger partial charge in [0.1, 0.15) is 0 Å². The number of thioether (sulfide) groups is 1. The van der Waals surface area contributed by atoms with Crippen LogP contribution in [0.4, 0.5) is 11.4 Å². The van der Waals surface area contributed by atoms with Crippen LogP contribution in [0.5, 0.6) is 0 Å². The molecule has 1 atom stereocenters. The molecule has 1 fully saturated rings. The minimum Gasteiger partial charge on any atom is -0.381 e. The molecule has 2 aromatic carbocycles. The van der Waals surface area contributed by atoms with Crippen LogP contribution in [0.25, 0.3) is 0 Å². The molecule has 0 spiro atoms. The Kier molecular flexibility index (Phi) is 7.79. The van der Waals surface area contributed by atoms with Crippen LogP contribution in [-0.2, 0) is 11.3 Å². The van der Waals surface area contributed by atoms with Crippen molar-refractivity contribution in [2.24, 2.45) is 5.41 Å². The number of anilines is 2. The number of rotatable bonds is 7. The average molecular weight is 439 g/mol. The molecule has 0 bridgehead atoms. The maximum Gasteiger partial charge on any atom is 0.229 e. The van der Waals surface area contributed by atoms with E-state index in [-0.39, 0.29) is 5.91 Å². The predicted octanol–water partition coefficient (Wildman–Crippen LogP) is 5.47. The fourth-order valence-electron chi connectivity index (χ4n) is 3.74.